The van der Waals surface area contributed by atoms with E-state index in [0.717, 1.165) is 29.8 Å². The van der Waals surface area contributed by atoms with E-state index < -0.39 is 0 Å². The summed E-state index contributed by atoms with van der Waals surface area (Å²) in [7, 11) is 1.63. The minimum atomic E-state index is -0.381. The zero-order valence-electron chi connectivity index (χ0n) is 18.7. The summed E-state index contributed by atoms with van der Waals surface area (Å²) >= 11 is 0. The topological polar surface area (TPSA) is 89.8 Å². The molecule has 5 rings (SSSR count). The predicted octanol–water partition coefficient (Wildman–Crippen LogP) is 2.36. The van der Waals surface area contributed by atoms with E-state index in [1.165, 1.54) is 0 Å². The molecule has 2 atom stereocenters. The van der Waals surface area contributed by atoms with Gasteiger partial charge in [0.2, 0.25) is 11.8 Å². The first-order valence-electron chi connectivity index (χ1n) is 11.4. The lowest BCUT2D eigenvalue weighted by molar-refractivity contribution is -0.136. The number of piperazine rings is 1. The molecular formula is C25H27N5O3. The fourth-order valence-corrected chi connectivity index (χ4v) is 5.04. The average molecular weight is 446 g/mol. The molecule has 3 aliphatic rings. The van der Waals surface area contributed by atoms with Gasteiger partial charge in [-0.2, -0.15) is 5.26 Å². The van der Waals surface area contributed by atoms with Crippen molar-refractivity contribution < 1.29 is 14.3 Å². The molecule has 2 saturated heterocycles. The largest absolute Gasteiger partial charge is 0.497 e. The standard InChI is InChI=1S/C25H27N5O3/c1-33-21-4-2-3-17(13-21)24-22(14-23(31)30(24)19-7-8-19)25(32)29-11-9-28(10-12-29)20-6-5-18(15-26)27-16-20/h2-6,13,16,19,22,24H,7-12,14H2,1H3. The van der Waals surface area contributed by atoms with E-state index in [0.29, 0.717) is 31.9 Å². The molecule has 3 fully saturated rings. The Kier molecular flexibility index (Phi) is 5.63. The van der Waals surface area contributed by atoms with E-state index in [4.69, 9.17) is 10.00 Å². The molecule has 1 aromatic heterocycles. The number of anilines is 1. The fourth-order valence-electron chi connectivity index (χ4n) is 5.04. The van der Waals surface area contributed by atoms with Crippen molar-refractivity contribution >= 4 is 17.5 Å². The highest BCUT2D eigenvalue weighted by atomic mass is 16.5. The van der Waals surface area contributed by atoms with Gasteiger partial charge in [-0.15, -0.1) is 0 Å². The number of methoxy groups -OCH3 is 1. The van der Waals surface area contributed by atoms with Crippen LogP contribution in [-0.2, 0) is 9.59 Å². The van der Waals surface area contributed by atoms with Crippen LogP contribution in [0, 0.1) is 17.2 Å². The minimum absolute atomic E-state index is 0.0527. The molecule has 8 nitrogen and oxygen atoms in total. The van der Waals surface area contributed by atoms with E-state index in [-0.39, 0.29) is 36.2 Å². The minimum Gasteiger partial charge on any atom is -0.497 e. The molecular weight excluding hydrogens is 418 g/mol. The number of hydrogen-bond acceptors (Lipinski definition) is 6. The van der Waals surface area contributed by atoms with Crippen molar-refractivity contribution in [2.24, 2.45) is 5.92 Å². The molecule has 0 bridgehead atoms. The number of likely N-dealkylation sites (tertiary alicyclic amines) is 1. The summed E-state index contributed by atoms with van der Waals surface area (Å²) in [4.78, 5) is 36.8. The molecule has 3 heterocycles. The summed E-state index contributed by atoms with van der Waals surface area (Å²) in [5.41, 5.74) is 2.31. The van der Waals surface area contributed by atoms with Crippen LogP contribution in [0.15, 0.2) is 42.6 Å². The van der Waals surface area contributed by atoms with Crippen LogP contribution in [0.2, 0.25) is 0 Å². The summed E-state index contributed by atoms with van der Waals surface area (Å²) in [5.74, 6) is 0.481. The second-order valence-electron chi connectivity index (χ2n) is 8.89. The zero-order chi connectivity index (χ0) is 22.9. The Balaban J connectivity index is 1.32. The summed E-state index contributed by atoms with van der Waals surface area (Å²) < 4.78 is 5.41. The number of carbonyl (C=O) groups is 2. The van der Waals surface area contributed by atoms with Crippen molar-refractivity contribution in [3.8, 4) is 11.8 Å². The van der Waals surface area contributed by atoms with Gasteiger partial charge in [0.15, 0.2) is 0 Å². The van der Waals surface area contributed by atoms with Gasteiger partial charge in [0, 0.05) is 38.6 Å². The molecule has 1 saturated carbocycles. The van der Waals surface area contributed by atoms with Crippen molar-refractivity contribution in [3.05, 3.63) is 53.9 Å². The maximum absolute atomic E-state index is 13.6. The number of pyridine rings is 1. The zero-order valence-corrected chi connectivity index (χ0v) is 18.7. The Morgan fingerprint density at radius 3 is 2.58 bits per heavy atom. The van der Waals surface area contributed by atoms with Crippen molar-refractivity contribution in [2.45, 2.75) is 31.3 Å². The molecule has 0 spiro atoms. The monoisotopic (exact) mass is 445 g/mol. The number of amides is 2. The molecule has 0 radical (unpaired) electrons. The Hall–Kier alpha value is -3.60. The van der Waals surface area contributed by atoms with E-state index in [9.17, 15) is 9.59 Å². The van der Waals surface area contributed by atoms with Gasteiger partial charge in [0.05, 0.1) is 31.0 Å². The molecule has 170 valence electrons. The van der Waals surface area contributed by atoms with Gasteiger partial charge in [0.25, 0.3) is 0 Å². The summed E-state index contributed by atoms with van der Waals surface area (Å²) in [5, 5.41) is 8.94. The lowest BCUT2D eigenvalue weighted by Crippen LogP contribution is -2.51. The third-order valence-electron chi connectivity index (χ3n) is 6.88. The van der Waals surface area contributed by atoms with Crippen LogP contribution in [0.25, 0.3) is 0 Å². The number of nitrogens with zero attached hydrogens (tertiary/aromatic N) is 5. The van der Waals surface area contributed by atoms with E-state index in [2.05, 4.69) is 9.88 Å². The SMILES string of the molecule is COc1cccc(C2C(C(=O)N3CCN(c4ccc(C#N)nc4)CC3)CC(=O)N2C2CC2)c1. The molecule has 1 aliphatic carbocycles. The van der Waals surface area contributed by atoms with Crippen LogP contribution in [0.1, 0.15) is 36.6 Å². The normalized spacial score (nSPS) is 22.9. The van der Waals surface area contributed by atoms with Crippen molar-refractivity contribution in [1.82, 2.24) is 14.8 Å². The fraction of sp³-hybridized carbons (Fsp3) is 0.440. The van der Waals surface area contributed by atoms with Crippen LogP contribution in [-0.4, -0.2) is 65.9 Å². The second-order valence-corrected chi connectivity index (χ2v) is 8.89. The molecule has 1 aromatic carbocycles. The van der Waals surface area contributed by atoms with Crippen molar-refractivity contribution in [3.63, 3.8) is 0 Å². The Morgan fingerprint density at radius 1 is 1.15 bits per heavy atom. The number of benzene rings is 1. The first-order chi connectivity index (χ1) is 16.1. The number of rotatable bonds is 5. The Labute approximate surface area is 193 Å². The van der Waals surface area contributed by atoms with Crippen LogP contribution in [0.4, 0.5) is 5.69 Å². The Bertz CT molecular complexity index is 1080. The molecule has 2 aliphatic heterocycles. The molecule has 0 N–H and O–H groups in total. The second kappa shape index (κ2) is 8.74. The third kappa shape index (κ3) is 4.11. The highest BCUT2D eigenvalue weighted by molar-refractivity contribution is 5.91. The first-order valence-corrected chi connectivity index (χ1v) is 11.4. The molecule has 2 aromatic rings. The van der Waals surface area contributed by atoms with Crippen LogP contribution in [0.3, 0.4) is 0 Å². The Morgan fingerprint density at radius 2 is 1.94 bits per heavy atom. The van der Waals surface area contributed by atoms with Gasteiger partial charge in [-0.25, -0.2) is 4.98 Å². The first kappa shape index (κ1) is 21.3. The van der Waals surface area contributed by atoms with Crippen LogP contribution in [0.5, 0.6) is 5.75 Å². The van der Waals surface area contributed by atoms with Gasteiger partial charge < -0.3 is 19.4 Å². The molecule has 2 unspecified atom stereocenters. The van der Waals surface area contributed by atoms with Gasteiger partial charge in [-0.05, 0) is 42.7 Å². The quantitative estimate of drug-likeness (QED) is 0.702. The van der Waals surface area contributed by atoms with Crippen LogP contribution < -0.4 is 9.64 Å². The van der Waals surface area contributed by atoms with Gasteiger partial charge in [0.1, 0.15) is 17.5 Å². The van der Waals surface area contributed by atoms with Crippen molar-refractivity contribution in [2.75, 3.05) is 38.2 Å². The number of carbonyl (C=O) groups excluding carboxylic acids is 2. The highest BCUT2D eigenvalue weighted by Gasteiger charge is 2.50. The summed E-state index contributed by atoms with van der Waals surface area (Å²) in [6, 6.07) is 13.4. The van der Waals surface area contributed by atoms with E-state index in [1.54, 1.807) is 19.4 Å². The summed E-state index contributed by atoms with van der Waals surface area (Å²) in [6.45, 7) is 2.57. The van der Waals surface area contributed by atoms with Gasteiger partial charge in [-0.3, -0.25) is 9.59 Å². The van der Waals surface area contributed by atoms with E-state index >= 15 is 0 Å². The highest BCUT2D eigenvalue weighted by Crippen LogP contribution is 2.46. The maximum Gasteiger partial charge on any atom is 0.228 e. The lowest BCUT2D eigenvalue weighted by Gasteiger charge is -2.38. The molecule has 2 amide bonds. The smallest absolute Gasteiger partial charge is 0.228 e. The molecule has 33 heavy (non-hydrogen) atoms. The number of hydrogen-bond donors (Lipinski definition) is 0. The lowest BCUT2D eigenvalue weighted by atomic mass is 9.91. The van der Waals surface area contributed by atoms with Gasteiger partial charge >= 0.3 is 0 Å². The van der Waals surface area contributed by atoms with E-state index in [1.807, 2.05) is 46.2 Å². The van der Waals surface area contributed by atoms with Gasteiger partial charge in [-0.1, -0.05) is 12.1 Å². The number of ether oxygens (including phenoxy) is 1. The average Bonchev–Trinajstić information content (AvgIpc) is 3.65. The van der Waals surface area contributed by atoms with Crippen LogP contribution >= 0.6 is 0 Å². The number of aromatic nitrogens is 1. The third-order valence-corrected chi connectivity index (χ3v) is 6.88. The molecule has 8 heteroatoms. The maximum atomic E-state index is 13.6. The predicted molar refractivity (Wildman–Crippen MR) is 121 cm³/mol. The number of nitriles is 1. The van der Waals surface area contributed by atoms with Crippen molar-refractivity contribution in [1.29, 1.82) is 5.26 Å². The summed E-state index contributed by atoms with van der Waals surface area (Å²) in [6.07, 6.45) is 3.98.